The fourth-order valence-corrected chi connectivity index (χ4v) is 1.59. The Bertz CT molecular complexity index is 618. The smallest absolute Gasteiger partial charge is 0.324 e. The fraction of sp³-hybridized carbons (Fsp3) is 0.100. The number of H-pyrrole nitrogens is 1. The average molecular weight is 220 g/mol. The summed E-state index contributed by atoms with van der Waals surface area (Å²) >= 11 is 0. The molecule has 16 heavy (non-hydrogen) atoms. The first-order chi connectivity index (χ1) is 7.65. The Morgan fingerprint density at radius 1 is 1.38 bits per heavy atom. The highest BCUT2D eigenvalue weighted by Gasteiger charge is 2.21. The van der Waals surface area contributed by atoms with E-state index in [0.29, 0.717) is 5.39 Å². The van der Waals surface area contributed by atoms with Crippen LogP contribution in [-0.2, 0) is 0 Å². The van der Waals surface area contributed by atoms with Crippen LogP contribution in [0.15, 0.2) is 29.2 Å². The lowest BCUT2D eigenvalue weighted by Gasteiger charge is -2.03. The van der Waals surface area contributed by atoms with E-state index >= 15 is 0 Å². The number of nitrogens with zero attached hydrogens (tertiary/aromatic N) is 1. The first-order valence-corrected chi connectivity index (χ1v) is 4.48. The molecule has 6 nitrogen and oxygen atoms in total. The zero-order valence-corrected chi connectivity index (χ0v) is 8.39. The van der Waals surface area contributed by atoms with Crippen LogP contribution in [0.3, 0.4) is 0 Å². The van der Waals surface area contributed by atoms with Crippen molar-refractivity contribution in [1.82, 2.24) is 4.98 Å². The maximum Gasteiger partial charge on any atom is 0.324 e. The fourth-order valence-electron chi connectivity index (χ4n) is 1.59. The molecule has 82 valence electrons. The van der Waals surface area contributed by atoms with Crippen LogP contribution in [-0.4, -0.2) is 17.0 Å². The molecule has 0 spiro atoms. The number of benzene rings is 1. The number of nitrogens with one attached hydrogen (secondary N) is 1. The van der Waals surface area contributed by atoms with E-state index in [1.54, 1.807) is 12.1 Å². The number of pyridine rings is 1. The van der Waals surface area contributed by atoms with Gasteiger partial charge in [-0.2, -0.15) is 0 Å². The van der Waals surface area contributed by atoms with E-state index in [-0.39, 0.29) is 16.8 Å². The molecule has 0 atom stereocenters. The normalized spacial score (nSPS) is 10.3. The topological polar surface area (TPSA) is 85.2 Å². The molecule has 1 aromatic heterocycles. The number of hydrogen-bond donors (Lipinski definition) is 1. The molecular formula is C10H8N2O4. The van der Waals surface area contributed by atoms with Crippen LogP contribution in [0.5, 0.6) is 5.75 Å². The number of methoxy groups -OCH3 is 1. The highest BCUT2D eigenvalue weighted by Crippen LogP contribution is 2.32. The van der Waals surface area contributed by atoms with Crippen molar-refractivity contribution in [2.75, 3.05) is 7.11 Å². The number of rotatable bonds is 2. The Hall–Kier alpha value is -2.37. The predicted octanol–water partition coefficient (Wildman–Crippen LogP) is 1.44. The zero-order valence-electron chi connectivity index (χ0n) is 8.39. The van der Waals surface area contributed by atoms with Gasteiger partial charge in [-0.15, -0.1) is 0 Å². The van der Waals surface area contributed by atoms with Crippen LogP contribution in [0.2, 0.25) is 0 Å². The second kappa shape index (κ2) is 3.65. The summed E-state index contributed by atoms with van der Waals surface area (Å²) in [5, 5.41) is 11.5. The van der Waals surface area contributed by atoms with Crippen LogP contribution in [0.25, 0.3) is 10.8 Å². The van der Waals surface area contributed by atoms with Crippen LogP contribution < -0.4 is 10.3 Å². The Morgan fingerprint density at radius 3 is 2.75 bits per heavy atom. The minimum Gasteiger partial charge on any atom is -0.490 e. The zero-order chi connectivity index (χ0) is 11.7. The van der Waals surface area contributed by atoms with Gasteiger partial charge in [-0.1, -0.05) is 0 Å². The van der Waals surface area contributed by atoms with Gasteiger partial charge < -0.3 is 9.72 Å². The third-order valence-corrected chi connectivity index (χ3v) is 2.28. The molecule has 2 rings (SSSR count). The highest BCUT2D eigenvalue weighted by molar-refractivity contribution is 5.92. The van der Waals surface area contributed by atoms with E-state index in [1.165, 1.54) is 19.4 Å². The quantitative estimate of drug-likeness (QED) is 0.613. The predicted molar refractivity (Wildman–Crippen MR) is 57.8 cm³/mol. The minimum atomic E-state index is -0.615. The van der Waals surface area contributed by atoms with Gasteiger partial charge in [0.25, 0.3) is 5.56 Å². The summed E-state index contributed by atoms with van der Waals surface area (Å²) in [5.74, 6) is 0.0780. The molecule has 0 fully saturated rings. The summed E-state index contributed by atoms with van der Waals surface area (Å²) in [6.07, 6.45) is 1.45. The van der Waals surface area contributed by atoms with Gasteiger partial charge >= 0.3 is 5.69 Å². The van der Waals surface area contributed by atoms with Crippen molar-refractivity contribution in [3.8, 4) is 5.75 Å². The second-order valence-corrected chi connectivity index (χ2v) is 3.14. The van der Waals surface area contributed by atoms with Crippen molar-refractivity contribution in [1.29, 1.82) is 0 Å². The first kappa shape index (κ1) is 10.2. The van der Waals surface area contributed by atoms with Crippen molar-refractivity contribution in [2.45, 2.75) is 0 Å². The second-order valence-electron chi connectivity index (χ2n) is 3.14. The molecule has 0 unspecified atom stereocenters. The summed E-state index contributed by atoms with van der Waals surface area (Å²) < 4.78 is 4.88. The molecule has 2 aromatic rings. The standard InChI is InChI=1S/C10H8N2O4/c1-16-7-3-2-6-4-5-11-10(13)8(6)9(7)12(14)15/h2-5H,1H3,(H,11,13). The SMILES string of the molecule is COc1ccc2cc[nH]c(=O)c2c1[N+](=O)[O-]. The van der Waals surface area contributed by atoms with Crippen molar-refractivity contribution in [2.24, 2.45) is 0 Å². The van der Waals surface area contributed by atoms with Crippen LogP contribution >= 0.6 is 0 Å². The first-order valence-electron chi connectivity index (χ1n) is 4.48. The van der Waals surface area contributed by atoms with Crippen LogP contribution in [0.1, 0.15) is 0 Å². The number of aromatic nitrogens is 1. The molecule has 0 bridgehead atoms. The van der Waals surface area contributed by atoms with Crippen molar-refractivity contribution in [3.05, 3.63) is 44.9 Å². The highest BCUT2D eigenvalue weighted by atomic mass is 16.6. The third kappa shape index (κ3) is 1.40. The summed E-state index contributed by atoms with van der Waals surface area (Å²) in [5.41, 5.74) is -0.801. The van der Waals surface area contributed by atoms with Gasteiger partial charge in [-0.05, 0) is 23.6 Å². The molecule has 0 aliphatic rings. The maximum absolute atomic E-state index is 11.6. The Kier molecular flexibility index (Phi) is 2.32. The largest absolute Gasteiger partial charge is 0.490 e. The lowest BCUT2D eigenvalue weighted by Crippen LogP contribution is -2.08. The molecule has 0 aliphatic heterocycles. The van der Waals surface area contributed by atoms with Crippen molar-refractivity contribution in [3.63, 3.8) is 0 Å². The summed E-state index contributed by atoms with van der Waals surface area (Å²) in [6, 6.07) is 4.68. The lowest BCUT2D eigenvalue weighted by molar-refractivity contribution is -0.384. The van der Waals surface area contributed by atoms with Crippen molar-refractivity contribution < 1.29 is 9.66 Å². The summed E-state index contributed by atoms with van der Waals surface area (Å²) in [6.45, 7) is 0. The van der Waals surface area contributed by atoms with Gasteiger partial charge in [-0.3, -0.25) is 14.9 Å². The molecule has 1 aromatic carbocycles. The van der Waals surface area contributed by atoms with Gasteiger partial charge in [0.05, 0.1) is 12.0 Å². The molecule has 1 heterocycles. The number of nitro groups is 1. The molecule has 0 saturated carbocycles. The van der Waals surface area contributed by atoms with Crippen LogP contribution in [0, 0.1) is 10.1 Å². The molecule has 0 amide bonds. The van der Waals surface area contributed by atoms with E-state index in [4.69, 9.17) is 4.74 Å². The summed E-state index contributed by atoms with van der Waals surface area (Å²) in [7, 11) is 1.32. The maximum atomic E-state index is 11.6. The number of hydrogen-bond acceptors (Lipinski definition) is 4. The molecule has 6 heteroatoms. The molecular weight excluding hydrogens is 212 g/mol. The molecule has 1 N–H and O–H groups in total. The van der Waals surface area contributed by atoms with Gasteiger partial charge in [0.1, 0.15) is 5.39 Å². The molecule has 0 aliphatic carbocycles. The molecule has 0 saturated heterocycles. The van der Waals surface area contributed by atoms with E-state index < -0.39 is 10.5 Å². The lowest BCUT2D eigenvalue weighted by atomic mass is 10.1. The Balaban J connectivity index is 2.99. The van der Waals surface area contributed by atoms with E-state index in [9.17, 15) is 14.9 Å². The van der Waals surface area contributed by atoms with Crippen molar-refractivity contribution >= 4 is 16.5 Å². The summed E-state index contributed by atoms with van der Waals surface area (Å²) in [4.78, 5) is 24.3. The van der Waals surface area contributed by atoms with E-state index in [0.717, 1.165) is 0 Å². The van der Waals surface area contributed by atoms with Crippen LogP contribution in [0.4, 0.5) is 5.69 Å². The molecule has 0 radical (unpaired) electrons. The van der Waals surface area contributed by atoms with E-state index in [2.05, 4.69) is 4.98 Å². The monoisotopic (exact) mass is 220 g/mol. The Morgan fingerprint density at radius 2 is 2.12 bits per heavy atom. The average Bonchev–Trinajstić information content (AvgIpc) is 2.27. The number of fused-ring (bicyclic) bond motifs is 1. The minimum absolute atomic E-state index is 0.0341. The van der Waals surface area contributed by atoms with E-state index in [1.807, 2.05) is 0 Å². The van der Waals surface area contributed by atoms with Gasteiger partial charge in [0, 0.05) is 6.20 Å². The van der Waals surface area contributed by atoms with Gasteiger partial charge in [0.2, 0.25) is 0 Å². The Labute approximate surface area is 89.6 Å². The number of aromatic amines is 1. The number of nitro benzene ring substituents is 1. The third-order valence-electron chi connectivity index (χ3n) is 2.28. The number of ether oxygens (including phenoxy) is 1. The van der Waals surface area contributed by atoms with Gasteiger partial charge in [0.15, 0.2) is 5.75 Å². The van der Waals surface area contributed by atoms with Gasteiger partial charge in [-0.25, -0.2) is 0 Å².